The molecule has 0 aliphatic carbocycles. The summed E-state index contributed by atoms with van der Waals surface area (Å²) in [6.45, 7) is 3.98. The van der Waals surface area contributed by atoms with Crippen molar-refractivity contribution in [2.75, 3.05) is 6.54 Å². The van der Waals surface area contributed by atoms with E-state index in [1.54, 1.807) is 24.3 Å². The number of aromatic hydroxyl groups is 1. The van der Waals surface area contributed by atoms with E-state index in [0.717, 1.165) is 24.1 Å². The molecule has 2 heterocycles. The average molecular weight is 399 g/mol. The molecule has 0 amide bonds. The Morgan fingerprint density at radius 2 is 1.96 bits per heavy atom. The third kappa shape index (κ3) is 3.54. The molecule has 28 heavy (non-hydrogen) atoms. The maximum absolute atomic E-state index is 13.1. The van der Waals surface area contributed by atoms with Gasteiger partial charge in [0, 0.05) is 5.02 Å². The molecule has 0 radical (unpaired) electrons. The number of nitrogens with one attached hydrogen (secondary N) is 1. The number of rotatable bonds is 4. The second kappa shape index (κ2) is 7.98. The van der Waals surface area contributed by atoms with Crippen molar-refractivity contribution in [2.24, 2.45) is 0 Å². The van der Waals surface area contributed by atoms with Crippen LogP contribution in [-0.4, -0.2) is 17.7 Å². The van der Waals surface area contributed by atoms with Gasteiger partial charge in [-0.25, -0.2) is 0 Å². The number of benzene rings is 2. The summed E-state index contributed by atoms with van der Waals surface area (Å²) in [6.07, 6.45) is 6.29. The fourth-order valence-corrected chi connectivity index (χ4v) is 4.48. The van der Waals surface area contributed by atoms with E-state index in [2.05, 4.69) is 6.92 Å². The van der Waals surface area contributed by atoms with Crippen LogP contribution in [0.15, 0.2) is 51.9 Å². The van der Waals surface area contributed by atoms with E-state index in [9.17, 15) is 9.90 Å². The van der Waals surface area contributed by atoms with Crippen LogP contribution >= 0.6 is 11.6 Å². The number of hydrogen-bond acceptors (Lipinski definition) is 3. The summed E-state index contributed by atoms with van der Waals surface area (Å²) in [5.74, 6) is 0.197. The number of hydrogen-bond donors (Lipinski definition) is 2. The molecule has 1 aliphatic heterocycles. The molecule has 0 spiro atoms. The van der Waals surface area contributed by atoms with E-state index in [1.165, 1.54) is 30.4 Å². The number of piperidine rings is 1. The molecule has 1 aromatic heterocycles. The maximum Gasteiger partial charge on any atom is 0.200 e. The summed E-state index contributed by atoms with van der Waals surface area (Å²) >= 11 is 5.96. The average Bonchev–Trinajstić information content (AvgIpc) is 2.71. The van der Waals surface area contributed by atoms with Crippen molar-refractivity contribution in [3.05, 3.63) is 63.5 Å². The Labute approximate surface area is 169 Å². The van der Waals surface area contributed by atoms with Crippen LogP contribution in [-0.2, 0) is 6.54 Å². The quantitative estimate of drug-likeness (QED) is 0.693. The highest BCUT2D eigenvalue weighted by atomic mass is 35.5. The molecule has 2 aromatic carbocycles. The van der Waals surface area contributed by atoms with Crippen molar-refractivity contribution in [1.29, 1.82) is 0 Å². The normalized spacial score (nSPS) is 19.8. The molecule has 0 saturated carbocycles. The molecular formula is C23H25ClNO3+. The van der Waals surface area contributed by atoms with Crippen molar-refractivity contribution >= 4 is 22.6 Å². The molecule has 2 N–H and O–H groups in total. The van der Waals surface area contributed by atoms with E-state index in [0.29, 0.717) is 34.1 Å². The summed E-state index contributed by atoms with van der Waals surface area (Å²) in [7, 11) is 0. The van der Waals surface area contributed by atoms with Gasteiger partial charge < -0.3 is 14.4 Å². The summed E-state index contributed by atoms with van der Waals surface area (Å²) in [5.41, 5.74) is 2.40. The molecule has 1 unspecified atom stereocenters. The molecule has 2 atom stereocenters. The van der Waals surface area contributed by atoms with Crippen LogP contribution in [0.25, 0.3) is 22.1 Å². The van der Waals surface area contributed by atoms with Crippen molar-refractivity contribution < 1.29 is 14.4 Å². The van der Waals surface area contributed by atoms with Crippen LogP contribution in [0.4, 0.5) is 0 Å². The first-order chi connectivity index (χ1) is 13.6. The van der Waals surface area contributed by atoms with Gasteiger partial charge in [0.05, 0.1) is 29.1 Å². The number of likely N-dealkylation sites (tertiary alicyclic amines) is 1. The Bertz CT molecular complexity index is 1040. The monoisotopic (exact) mass is 398 g/mol. The molecular weight excluding hydrogens is 374 g/mol. The summed E-state index contributed by atoms with van der Waals surface area (Å²) in [6, 6.07) is 11.0. The van der Waals surface area contributed by atoms with Crippen LogP contribution in [0.2, 0.25) is 5.02 Å². The third-order valence-electron chi connectivity index (χ3n) is 5.95. The van der Waals surface area contributed by atoms with E-state index >= 15 is 0 Å². The summed E-state index contributed by atoms with van der Waals surface area (Å²) in [5, 5.41) is 11.6. The van der Waals surface area contributed by atoms with Gasteiger partial charge in [0.1, 0.15) is 24.1 Å². The van der Waals surface area contributed by atoms with Crippen LogP contribution in [0.3, 0.4) is 0 Å². The number of halogens is 1. The molecule has 1 aliphatic rings. The lowest BCUT2D eigenvalue weighted by Gasteiger charge is -2.32. The highest BCUT2D eigenvalue weighted by Gasteiger charge is 2.27. The minimum absolute atomic E-state index is 0.0921. The number of phenols is 1. The van der Waals surface area contributed by atoms with Gasteiger partial charge in [-0.1, -0.05) is 30.7 Å². The molecule has 0 bridgehead atoms. The van der Waals surface area contributed by atoms with E-state index in [4.69, 9.17) is 16.0 Å². The first-order valence-electron chi connectivity index (χ1n) is 9.95. The second-order valence-corrected chi connectivity index (χ2v) is 8.05. The standard InChI is InChI=1S/C23H24ClNO3/c1-2-17-5-3-4-12-25(17)13-19-21(26)11-10-18-22(27)20(14-28-23(18)19)15-6-8-16(24)9-7-15/h6-11,14,17,26H,2-5,12-13H2,1H3/p+1/t17-/m0/s1. The molecule has 1 fully saturated rings. The predicted octanol–water partition coefficient (Wildman–Crippen LogP) is 4.17. The maximum atomic E-state index is 13.1. The number of fused-ring (bicyclic) bond motifs is 1. The van der Waals surface area contributed by atoms with E-state index in [-0.39, 0.29) is 11.2 Å². The lowest BCUT2D eigenvalue weighted by Crippen LogP contribution is -3.15. The Morgan fingerprint density at radius 1 is 1.18 bits per heavy atom. The van der Waals surface area contributed by atoms with Crippen LogP contribution in [0.5, 0.6) is 5.75 Å². The fraction of sp³-hybridized carbons (Fsp3) is 0.348. The lowest BCUT2D eigenvalue weighted by molar-refractivity contribution is -0.944. The molecule has 146 valence electrons. The Balaban J connectivity index is 1.78. The zero-order valence-corrected chi connectivity index (χ0v) is 16.8. The van der Waals surface area contributed by atoms with Gasteiger partial charge in [0.25, 0.3) is 0 Å². The van der Waals surface area contributed by atoms with Crippen molar-refractivity contribution in [3.8, 4) is 16.9 Å². The zero-order valence-electron chi connectivity index (χ0n) is 16.0. The Morgan fingerprint density at radius 3 is 2.71 bits per heavy atom. The largest absolute Gasteiger partial charge is 0.507 e. The Hall–Kier alpha value is -2.30. The lowest BCUT2D eigenvalue weighted by atomic mass is 9.98. The minimum Gasteiger partial charge on any atom is -0.507 e. The van der Waals surface area contributed by atoms with E-state index in [1.807, 2.05) is 12.1 Å². The van der Waals surface area contributed by atoms with E-state index < -0.39 is 0 Å². The van der Waals surface area contributed by atoms with Gasteiger partial charge >= 0.3 is 0 Å². The smallest absolute Gasteiger partial charge is 0.200 e. The topological polar surface area (TPSA) is 54.9 Å². The fourth-order valence-electron chi connectivity index (χ4n) is 4.35. The van der Waals surface area contributed by atoms with Gasteiger partial charge in [0.2, 0.25) is 5.43 Å². The van der Waals surface area contributed by atoms with Crippen molar-refractivity contribution in [1.82, 2.24) is 0 Å². The van der Waals surface area contributed by atoms with Crippen LogP contribution in [0, 0.1) is 0 Å². The number of phenolic OH excluding ortho intramolecular Hbond substituents is 1. The summed E-state index contributed by atoms with van der Waals surface area (Å²) in [4.78, 5) is 14.6. The molecule has 1 saturated heterocycles. The molecule has 5 heteroatoms. The first-order valence-corrected chi connectivity index (χ1v) is 10.3. The second-order valence-electron chi connectivity index (χ2n) is 7.61. The predicted molar refractivity (Wildman–Crippen MR) is 112 cm³/mol. The van der Waals surface area contributed by atoms with Gasteiger partial charge in [-0.3, -0.25) is 4.79 Å². The summed E-state index contributed by atoms with van der Waals surface area (Å²) < 4.78 is 5.92. The SMILES string of the molecule is CC[C@H]1CCCC[NH+]1Cc1c(O)ccc2c(=O)c(-c3ccc(Cl)cc3)coc12. The van der Waals surface area contributed by atoms with Gasteiger partial charge in [0.15, 0.2) is 0 Å². The van der Waals surface area contributed by atoms with Crippen LogP contribution in [0.1, 0.15) is 38.2 Å². The zero-order chi connectivity index (χ0) is 19.7. The highest BCUT2D eigenvalue weighted by molar-refractivity contribution is 6.30. The first kappa shape index (κ1) is 19.0. The van der Waals surface area contributed by atoms with Gasteiger partial charge in [-0.15, -0.1) is 0 Å². The van der Waals surface area contributed by atoms with Gasteiger partial charge in [-0.2, -0.15) is 0 Å². The van der Waals surface area contributed by atoms with Crippen molar-refractivity contribution in [2.45, 2.75) is 45.2 Å². The molecule has 4 rings (SSSR count). The molecule has 4 nitrogen and oxygen atoms in total. The van der Waals surface area contributed by atoms with Crippen LogP contribution < -0.4 is 10.3 Å². The van der Waals surface area contributed by atoms with Crippen molar-refractivity contribution in [3.63, 3.8) is 0 Å². The minimum atomic E-state index is -0.0921. The third-order valence-corrected chi connectivity index (χ3v) is 6.20. The highest BCUT2D eigenvalue weighted by Crippen LogP contribution is 2.28. The molecule has 3 aromatic rings. The van der Waals surface area contributed by atoms with Gasteiger partial charge in [-0.05, 0) is 55.5 Å². The number of quaternary nitrogens is 1. The Kier molecular flexibility index (Phi) is 5.42.